The molecule has 156 valence electrons. The lowest BCUT2D eigenvalue weighted by Gasteiger charge is -2.16. The number of alkyl halides is 3. The van der Waals surface area contributed by atoms with Crippen molar-refractivity contribution < 1.29 is 35.9 Å². The van der Waals surface area contributed by atoms with Gasteiger partial charge in [0.1, 0.15) is 6.61 Å². The van der Waals surface area contributed by atoms with Crippen LogP contribution in [0.25, 0.3) is 0 Å². The molecule has 1 aromatic carbocycles. The minimum atomic E-state index is -4.48. The second-order valence-electron chi connectivity index (χ2n) is 6.06. The molecular weight excluding hydrogens is 403 g/mol. The van der Waals surface area contributed by atoms with Crippen molar-refractivity contribution in [3.8, 4) is 0 Å². The van der Waals surface area contributed by atoms with Gasteiger partial charge in [-0.15, -0.1) is 0 Å². The molecule has 0 atom stereocenters. The maximum Gasteiger partial charge on any atom is 0.411 e. The molecule has 1 fully saturated rings. The van der Waals surface area contributed by atoms with Crippen molar-refractivity contribution in [1.82, 2.24) is 15.2 Å². The Labute approximate surface area is 160 Å². The molecule has 1 aliphatic heterocycles. The second-order valence-corrected chi connectivity index (χ2v) is 8.00. The molecule has 12 heteroatoms. The summed E-state index contributed by atoms with van der Waals surface area (Å²) in [6.45, 7) is -1.09. The summed E-state index contributed by atoms with van der Waals surface area (Å²) >= 11 is 0. The Morgan fingerprint density at radius 3 is 2.46 bits per heavy atom. The van der Waals surface area contributed by atoms with E-state index >= 15 is 0 Å². The van der Waals surface area contributed by atoms with Crippen LogP contribution in [0.5, 0.6) is 0 Å². The van der Waals surface area contributed by atoms with Gasteiger partial charge in [0.05, 0.1) is 17.9 Å². The minimum absolute atomic E-state index is 0.00823. The monoisotopic (exact) mass is 423 g/mol. The van der Waals surface area contributed by atoms with E-state index in [1.807, 2.05) is 5.43 Å². The van der Waals surface area contributed by atoms with Gasteiger partial charge in [-0.05, 0) is 31.0 Å². The number of hydrazine groups is 1. The van der Waals surface area contributed by atoms with E-state index < -0.39 is 41.2 Å². The van der Waals surface area contributed by atoms with Gasteiger partial charge in [-0.25, -0.2) is 8.42 Å². The Balaban J connectivity index is 1.86. The fraction of sp³-hybridized carbons (Fsp3) is 0.500. The summed E-state index contributed by atoms with van der Waals surface area (Å²) in [6, 6.07) is 5.35. The third-order valence-corrected chi connectivity index (χ3v) is 5.75. The van der Waals surface area contributed by atoms with E-state index in [-0.39, 0.29) is 16.9 Å². The Bertz CT molecular complexity index is 808. The lowest BCUT2D eigenvalue weighted by Crippen LogP contribution is -2.42. The molecule has 2 N–H and O–H groups in total. The number of rotatable bonds is 7. The fourth-order valence-electron chi connectivity index (χ4n) is 2.49. The number of amides is 2. The topological polar surface area (TPSA) is 105 Å². The predicted octanol–water partition coefficient (Wildman–Crippen LogP) is 1.20. The summed E-state index contributed by atoms with van der Waals surface area (Å²) in [4.78, 5) is 23.6. The van der Waals surface area contributed by atoms with Crippen molar-refractivity contribution in [3.63, 3.8) is 0 Å². The van der Waals surface area contributed by atoms with Gasteiger partial charge in [0.2, 0.25) is 15.9 Å². The van der Waals surface area contributed by atoms with Gasteiger partial charge in [0.15, 0.2) is 0 Å². The zero-order valence-electron chi connectivity index (χ0n) is 14.8. The van der Waals surface area contributed by atoms with Gasteiger partial charge < -0.3 is 4.74 Å². The number of carbonyl (C=O) groups excluding carboxylic acids is 2. The van der Waals surface area contributed by atoms with Crippen LogP contribution < -0.4 is 10.9 Å². The smallest absolute Gasteiger partial charge is 0.372 e. The Kier molecular flexibility index (Phi) is 7.38. The van der Waals surface area contributed by atoms with Crippen molar-refractivity contribution in [2.45, 2.75) is 30.3 Å². The number of ether oxygens (including phenoxy) is 1. The first kappa shape index (κ1) is 22.1. The summed E-state index contributed by atoms with van der Waals surface area (Å²) in [6.07, 6.45) is -3.32. The average molecular weight is 423 g/mol. The summed E-state index contributed by atoms with van der Waals surface area (Å²) in [5.41, 5.74) is 4.12. The maximum absolute atomic E-state index is 12.5. The molecule has 1 aromatic rings. The molecule has 0 spiro atoms. The van der Waals surface area contributed by atoms with Crippen LogP contribution in [-0.2, 0) is 19.6 Å². The van der Waals surface area contributed by atoms with Gasteiger partial charge in [0.25, 0.3) is 5.91 Å². The second kappa shape index (κ2) is 9.34. The summed E-state index contributed by atoms with van der Waals surface area (Å²) in [7, 11) is -3.70. The van der Waals surface area contributed by atoms with E-state index in [0.717, 1.165) is 12.8 Å². The third-order valence-electron chi connectivity index (χ3n) is 3.85. The van der Waals surface area contributed by atoms with Crippen LogP contribution in [0.1, 0.15) is 29.6 Å². The highest BCUT2D eigenvalue weighted by molar-refractivity contribution is 7.89. The number of sulfonamides is 1. The van der Waals surface area contributed by atoms with Crippen molar-refractivity contribution in [1.29, 1.82) is 0 Å². The first-order valence-corrected chi connectivity index (χ1v) is 9.87. The Hall–Kier alpha value is -2.18. The van der Waals surface area contributed by atoms with E-state index in [0.29, 0.717) is 13.1 Å². The summed E-state index contributed by atoms with van der Waals surface area (Å²) in [5.74, 6) is -1.51. The lowest BCUT2D eigenvalue weighted by atomic mass is 10.2. The van der Waals surface area contributed by atoms with Crippen LogP contribution in [0.2, 0.25) is 0 Å². The third kappa shape index (κ3) is 6.46. The number of carbonyl (C=O) groups is 2. The lowest BCUT2D eigenvalue weighted by molar-refractivity contribution is -0.174. The first-order chi connectivity index (χ1) is 13.1. The van der Waals surface area contributed by atoms with E-state index in [4.69, 9.17) is 0 Å². The van der Waals surface area contributed by atoms with Gasteiger partial charge in [-0.1, -0.05) is 6.07 Å². The molecule has 28 heavy (non-hydrogen) atoms. The molecule has 0 aliphatic carbocycles. The molecule has 8 nitrogen and oxygen atoms in total. The van der Waals surface area contributed by atoms with Crippen molar-refractivity contribution >= 4 is 21.8 Å². The SMILES string of the molecule is O=C(CCOCC(F)(F)F)NNC(=O)c1cccc(S(=O)(=O)N2CCCC2)c1. The van der Waals surface area contributed by atoms with Crippen LogP contribution in [0.3, 0.4) is 0 Å². The summed E-state index contributed by atoms with van der Waals surface area (Å²) in [5, 5.41) is 0. The van der Waals surface area contributed by atoms with Gasteiger partial charge in [-0.3, -0.25) is 20.4 Å². The van der Waals surface area contributed by atoms with E-state index in [1.54, 1.807) is 0 Å². The molecule has 1 heterocycles. The zero-order valence-corrected chi connectivity index (χ0v) is 15.6. The van der Waals surface area contributed by atoms with E-state index in [1.165, 1.54) is 28.6 Å². The molecule has 1 aliphatic rings. The molecular formula is C16H20F3N3O5S. The zero-order chi connectivity index (χ0) is 20.8. The van der Waals surface area contributed by atoms with Crippen molar-refractivity contribution in [2.75, 3.05) is 26.3 Å². The molecule has 0 saturated carbocycles. The molecule has 0 bridgehead atoms. The largest absolute Gasteiger partial charge is 0.411 e. The standard InChI is InChI=1S/C16H20F3N3O5S/c17-16(18,19)11-27-9-6-14(23)20-21-15(24)12-4-3-5-13(10-12)28(25,26)22-7-1-2-8-22/h3-5,10H,1-2,6-9,11H2,(H,20,23)(H,21,24). The fourth-order valence-corrected chi connectivity index (χ4v) is 4.05. The Morgan fingerprint density at radius 2 is 1.82 bits per heavy atom. The molecule has 1 saturated heterocycles. The number of halogens is 3. The molecule has 0 radical (unpaired) electrons. The van der Waals surface area contributed by atoms with Gasteiger partial charge in [0, 0.05) is 18.7 Å². The average Bonchev–Trinajstić information content (AvgIpc) is 3.18. The molecule has 2 amide bonds. The predicted molar refractivity (Wildman–Crippen MR) is 91.5 cm³/mol. The number of nitrogens with zero attached hydrogens (tertiary/aromatic N) is 1. The number of hydrogen-bond acceptors (Lipinski definition) is 5. The number of nitrogens with one attached hydrogen (secondary N) is 2. The van der Waals surface area contributed by atoms with Crippen molar-refractivity contribution in [3.05, 3.63) is 29.8 Å². The normalized spacial score (nSPS) is 15.4. The number of hydrogen-bond donors (Lipinski definition) is 2. The molecule has 0 unspecified atom stereocenters. The maximum atomic E-state index is 12.5. The molecule has 0 aromatic heterocycles. The van der Waals surface area contributed by atoms with Gasteiger partial charge in [-0.2, -0.15) is 17.5 Å². The Morgan fingerprint density at radius 1 is 1.14 bits per heavy atom. The van der Waals surface area contributed by atoms with Crippen LogP contribution in [0, 0.1) is 0 Å². The van der Waals surface area contributed by atoms with Crippen LogP contribution in [-0.4, -0.2) is 57.0 Å². The van der Waals surface area contributed by atoms with Crippen LogP contribution in [0.4, 0.5) is 13.2 Å². The minimum Gasteiger partial charge on any atom is -0.372 e. The van der Waals surface area contributed by atoms with Crippen LogP contribution >= 0.6 is 0 Å². The summed E-state index contributed by atoms with van der Waals surface area (Å²) < 4.78 is 66.4. The highest BCUT2D eigenvalue weighted by Crippen LogP contribution is 2.21. The van der Waals surface area contributed by atoms with Gasteiger partial charge >= 0.3 is 6.18 Å². The number of benzene rings is 1. The van der Waals surface area contributed by atoms with E-state index in [9.17, 15) is 31.2 Å². The highest BCUT2D eigenvalue weighted by Gasteiger charge is 2.28. The quantitative estimate of drug-likeness (QED) is 0.507. The molecule has 2 rings (SSSR count). The van der Waals surface area contributed by atoms with Crippen molar-refractivity contribution in [2.24, 2.45) is 0 Å². The van der Waals surface area contributed by atoms with E-state index in [2.05, 4.69) is 10.2 Å². The first-order valence-electron chi connectivity index (χ1n) is 8.43. The highest BCUT2D eigenvalue weighted by atomic mass is 32.2. The van der Waals surface area contributed by atoms with Crippen LogP contribution in [0.15, 0.2) is 29.2 Å².